The van der Waals surface area contributed by atoms with Gasteiger partial charge >= 0.3 is 11.9 Å². The minimum Gasteiger partial charge on any atom is -0.466 e. The highest BCUT2D eigenvalue weighted by Gasteiger charge is 2.39. The van der Waals surface area contributed by atoms with Crippen LogP contribution in [0.2, 0.25) is 0 Å². The second-order valence-electron chi connectivity index (χ2n) is 6.33. The van der Waals surface area contributed by atoms with Gasteiger partial charge in [-0.05, 0) is 25.1 Å². The van der Waals surface area contributed by atoms with Crippen molar-refractivity contribution in [3.8, 4) is 0 Å². The molecule has 1 N–H and O–H groups in total. The Bertz CT molecular complexity index is 1130. The van der Waals surface area contributed by atoms with Crippen LogP contribution >= 0.6 is 0 Å². The molecule has 146 valence electrons. The number of carbonyl (C=O) groups is 4. The summed E-state index contributed by atoms with van der Waals surface area (Å²) < 4.78 is 4.99. The van der Waals surface area contributed by atoms with Gasteiger partial charge in [0.2, 0.25) is 0 Å². The van der Waals surface area contributed by atoms with Crippen molar-refractivity contribution in [3.05, 3.63) is 70.9 Å². The van der Waals surface area contributed by atoms with Gasteiger partial charge in [-0.25, -0.2) is 4.79 Å². The van der Waals surface area contributed by atoms with E-state index in [0.29, 0.717) is 21.5 Å². The first-order valence-electron chi connectivity index (χ1n) is 8.96. The lowest BCUT2D eigenvalue weighted by molar-refractivity contribution is -0.142. The maximum absolute atomic E-state index is 12.8. The van der Waals surface area contributed by atoms with E-state index in [4.69, 9.17) is 9.57 Å². The van der Waals surface area contributed by atoms with E-state index in [0.717, 1.165) is 0 Å². The van der Waals surface area contributed by atoms with Crippen LogP contribution in [-0.4, -0.2) is 40.4 Å². The molecule has 0 fully saturated rings. The maximum Gasteiger partial charge on any atom is 0.380 e. The van der Waals surface area contributed by atoms with Crippen molar-refractivity contribution >= 4 is 34.7 Å². The van der Waals surface area contributed by atoms with Gasteiger partial charge in [0.05, 0.1) is 24.2 Å². The predicted molar refractivity (Wildman–Crippen MR) is 101 cm³/mol. The molecule has 3 aromatic rings. The summed E-state index contributed by atoms with van der Waals surface area (Å²) >= 11 is 0. The van der Waals surface area contributed by atoms with Crippen molar-refractivity contribution in [2.45, 2.75) is 13.3 Å². The van der Waals surface area contributed by atoms with Gasteiger partial charge in [-0.2, -0.15) is 0 Å². The van der Waals surface area contributed by atoms with Crippen LogP contribution < -0.4 is 0 Å². The van der Waals surface area contributed by atoms with Gasteiger partial charge in [0, 0.05) is 16.5 Å². The lowest BCUT2D eigenvalue weighted by Crippen LogP contribution is -2.33. The molecule has 1 aliphatic rings. The summed E-state index contributed by atoms with van der Waals surface area (Å²) in [6, 6.07) is 13.2. The topological polar surface area (TPSA) is 106 Å². The summed E-state index contributed by atoms with van der Waals surface area (Å²) in [7, 11) is 0. The Morgan fingerprint density at radius 1 is 0.966 bits per heavy atom. The number of hydrogen-bond donors (Lipinski definition) is 1. The number of hydroxylamine groups is 2. The fraction of sp³-hybridized carbons (Fsp3) is 0.143. The average molecular weight is 392 g/mol. The number of aromatic amines is 1. The largest absolute Gasteiger partial charge is 0.466 e. The first-order valence-corrected chi connectivity index (χ1v) is 8.96. The number of hydrogen-bond acceptors (Lipinski definition) is 6. The molecule has 2 aromatic carbocycles. The van der Waals surface area contributed by atoms with Gasteiger partial charge in [-0.15, -0.1) is 0 Å². The van der Waals surface area contributed by atoms with Crippen molar-refractivity contribution in [1.29, 1.82) is 0 Å². The number of imide groups is 1. The van der Waals surface area contributed by atoms with Crippen molar-refractivity contribution in [3.63, 3.8) is 0 Å². The molecule has 1 aliphatic heterocycles. The molecule has 0 radical (unpaired) electrons. The Morgan fingerprint density at radius 3 is 2.24 bits per heavy atom. The zero-order chi connectivity index (χ0) is 20.5. The molecule has 2 amide bonds. The molecule has 0 aliphatic carbocycles. The van der Waals surface area contributed by atoms with E-state index in [9.17, 15) is 19.2 Å². The highest BCUT2D eigenvalue weighted by Crippen LogP contribution is 2.27. The molecular weight excluding hydrogens is 376 g/mol. The van der Waals surface area contributed by atoms with E-state index in [2.05, 4.69) is 4.98 Å². The van der Waals surface area contributed by atoms with Crippen LogP contribution in [0.4, 0.5) is 0 Å². The average Bonchev–Trinajstić information content (AvgIpc) is 3.20. The van der Waals surface area contributed by atoms with Gasteiger partial charge in [0.25, 0.3) is 11.8 Å². The number of carbonyl (C=O) groups excluding carboxylic acids is 4. The monoisotopic (exact) mass is 392 g/mol. The molecule has 29 heavy (non-hydrogen) atoms. The zero-order valence-corrected chi connectivity index (χ0v) is 15.4. The number of rotatable bonds is 5. The standard InChI is InChI=1S/C21H16N2O6/c1-2-28-17(24)11-15-12-7-5-6-10-16(12)22-18(15)21(27)29-23-19(25)13-8-3-4-9-14(13)20(23)26/h3-10,22H,2,11H2,1H3. The molecule has 0 atom stereocenters. The summed E-state index contributed by atoms with van der Waals surface area (Å²) in [5, 5.41) is 1.09. The summed E-state index contributed by atoms with van der Waals surface area (Å²) in [4.78, 5) is 57.7. The Labute approximate surface area is 165 Å². The van der Waals surface area contributed by atoms with Crippen LogP contribution in [0.25, 0.3) is 10.9 Å². The second-order valence-corrected chi connectivity index (χ2v) is 6.33. The molecule has 0 unspecified atom stereocenters. The Kier molecular flexibility index (Phi) is 4.59. The van der Waals surface area contributed by atoms with E-state index < -0.39 is 23.8 Å². The minimum atomic E-state index is -0.949. The smallest absolute Gasteiger partial charge is 0.380 e. The van der Waals surface area contributed by atoms with Gasteiger partial charge in [-0.3, -0.25) is 14.4 Å². The number of benzene rings is 2. The fourth-order valence-electron chi connectivity index (χ4n) is 3.29. The molecular formula is C21H16N2O6. The molecule has 0 spiro atoms. The van der Waals surface area contributed by atoms with Crippen LogP contribution in [0, 0.1) is 0 Å². The number of fused-ring (bicyclic) bond motifs is 2. The minimum absolute atomic E-state index is 0.0178. The summed E-state index contributed by atoms with van der Waals surface area (Å²) in [5.74, 6) is -2.90. The fourth-order valence-corrected chi connectivity index (χ4v) is 3.29. The first-order chi connectivity index (χ1) is 14.0. The number of aromatic nitrogens is 1. The Hall–Kier alpha value is -3.94. The number of amides is 2. The zero-order valence-electron chi connectivity index (χ0n) is 15.4. The summed E-state index contributed by atoms with van der Waals surface area (Å²) in [5.41, 5.74) is 1.29. The van der Waals surface area contributed by atoms with Crippen LogP contribution in [0.5, 0.6) is 0 Å². The van der Waals surface area contributed by atoms with Gasteiger partial charge in [-0.1, -0.05) is 35.4 Å². The SMILES string of the molecule is CCOC(=O)Cc1c(C(=O)ON2C(=O)c3ccccc3C2=O)[nH]c2ccccc12. The van der Waals surface area contributed by atoms with E-state index in [1.54, 1.807) is 43.3 Å². The highest BCUT2D eigenvalue weighted by molar-refractivity contribution is 6.21. The lowest BCUT2D eigenvalue weighted by atomic mass is 10.1. The molecule has 0 bridgehead atoms. The number of para-hydroxylation sites is 1. The van der Waals surface area contributed by atoms with E-state index in [1.165, 1.54) is 12.1 Å². The van der Waals surface area contributed by atoms with Gasteiger partial charge in [0.15, 0.2) is 0 Å². The van der Waals surface area contributed by atoms with E-state index in [-0.39, 0.29) is 29.8 Å². The second kappa shape index (κ2) is 7.23. The normalized spacial score (nSPS) is 12.9. The molecule has 2 heterocycles. The van der Waals surface area contributed by atoms with Crippen molar-refractivity contribution in [2.75, 3.05) is 6.61 Å². The third-order valence-electron chi connectivity index (χ3n) is 4.58. The van der Waals surface area contributed by atoms with Gasteiger partial charge < -0.3 is 14.6 Å². The quantitative estimate of drug-likeness (QED) is 0.529. The molecule has 8 heteroatoms. The highest BCUT2D eigenvalue weighted by atomic mass is 16.7. The molecule has 1 aromatic heterocycles. The number of nitrogens with zero attached hydrogens (tertiary/aromatic N) is 1. The van der Waals surface area contributed by atoms with Crippen molar-refractivity contribution in [2.24, 2.45) is 0 Å². The Morgan fingerprint density at radius 2 is 1.59 bits per heavy atom. The third-order valence-corrected chi connectivity index (χ3v) is 4.58. The number of ether oxygens (including phenoxy) is 1. The van der Waals surface area contributed by atoms with Crippen LogP contribution in [0.15, 0.2) is 48.5 Å². The number of H-pyrrole nitrogens is 1. The van der Waals surface area contributed by atoms with Crippen molar-refractivity contribution in [1.82, 2.24) is 10.0 Å². The van der Waals surface area contributed by atoms with E-state index in [1.807, 2.05) is 0 Å². The van der Waals surface area contributed by atoms with Crippen LogP contribution in [0.3, 0.4) is 0 Å². The molecule has 4 rings (SSSR count). The molecule has 0 saturated heterocycles. The van der Waals surface area contributed by atoms with Crippen LogP contribution in [0.1, 0.15) is 43.7 Å². The van der Waals surface area contributed by atoms with Crippen molar-refractivity contribution < 1.29 is 28.8 Å². The molecule has 8 nitrogen and oxygen atoms in total. The maximum atomic E-state index is 12.8. The third kappa shape index (κ3) is 3.14. The van der Waals surface area contributed by atoms with E-state index >= 15 is 0 Å². The lowest BCUT2D eigenvalue weighted by Gasteiger charge is -2.13. The number of esters is 1. The molecule has 0 saturated carbocycles. The number of nitrogens with one attached hydrogen (secondary N) is 1. The summed E-state index contributed by atoms with van der Waals surface area (Å²) in [6.07, 6.45) is -0.162. The summed E-state index contributed by atoms with van der Waals surface area (Å²) in [6.45, 7) is 1.89. The Balaban J connectivity index is 1.66. The first kappa shape index (κ1) is 18.4. The van der Waals surface area contributed by atoms with Gasteiger partial charge in [0.1, 0.15) is 5.69 Å². The van der Waals surface area contributed by atoms with Crippen LogP contribution in [-0.2, 0) is 20.8 Å². The predicted octanol–water partition coefficient (Wildman–Crippen LogP) is 2.64.